The summed E-state index contributed by atoms with van der Waals surface area (Å²) in [6.45, 7) is 0.153. The third kappa shape index (κ3) is 3.56. The topological polar surface area (TPSA) is 118 Å². The maximum absolute atomic E-state index is 12.8. The number of furan rings is 1. The van der Waals surface area contributed by atoms with Crippen LogP contribution in [0.1, 0.15) is 46.9 Å². The zero-order valence-corrected chi connectivity index (χ0v) is 18.8. The van der Waals surface area contributed by atoms with Crippen molar-refractivity contribution in [2.75, 3.05) is 11.9 Å². The number of aliphatic carboxylic acids is 1. The van der Waals surface area contributed by atoms with Crippen LogP contribution in [-0.2, 0) is 9.53 Å². The molecule has 0 saturated heterocycles. The van der Waals surface area contributed by atoms with E-state index in [-0.39, 0.29) is 35.9 Å². The van der Waals surface area contributed by atoms with Gasteiger partial charge in [0.1, 0.15) is 6.61 Å². The number of anilines is 1. The highest BCUT2D eigenvalue weighted by Gasteiger charge is 2.65. The third-order valence-corrected chi connectivity index (χ3v) is 7.62. The van der Waals surface area contributed by atoms with Crippen molar-refractivity contribution >= 4 is 23.7 Å². The molecule has 1 heterocycles. The van der Waals surface area contributed by atoms with Crippen LogP contribution in [-0.4, -0.2) is 35.7 Å². The number of benzene rings is 2. The summed E-state index contributed by atoms with van der Waals surface area (Å²) in [5.41, 5.74) is 4.01. The molecule has 3 aliphatic carbocycles. The molecule has 0 aliphatic heterocycles. The lowest BCUT2D eigenvalue weighted by Crippen LogP contribution is -2.35. The Labute approximate surface area is 201 Å². The van der Waals surface area contributed by atoms with Crippen LogP contribution in [0.2, 0.25) is 0 Å². The summed E-state index contributed by atoms with van der Waals surface area (Å²) in [4.78, 5) is 36.9. The van der Waals surface area contributed by atoms with Gasteiger partial charge in [0.05, 0.1) is 17.4 Å². The second-order valence-corrected chi connectivity index (χ2v) is 9.59. The standard InChI is InChI=1S/C27H24N2O6/c30-24(28-16-11-15-12-27(15,13-16)25(31)32)23-22(9-10-34-23)29-26(33)35-14-21-19-7-3-1-5-17(19)18-6-2-4-8-20(18)21/h1-10,15-16,21H,11-14H2,(H,28,30)(H,29,33)(H,31,32)/t15-,16+,27+/m1/s1. The summed E-state index contributed by atoms with van der Waals surface area (Å²) in [6, 6.07) is 17.4. The van der Waals surface area contributed by atoms with Crippen molar-refractivity contribution in [2.24, 2.45) is 11.3 Å². The fourth-order valence-electron chi connectivity index (χ4n) is 5.84. The van der Waals surface area contributed by atoms with Crippen LogP contribution in [0.15, 0.2) is 65.3 Å². The van der Waals surface area contributed by atoms with Gasteiger partial charge in [0.25, 0.3) is 5.91 Å². The van der Waals surface area contributed by atoms with Gasteiger partial charge in [-0.3, -0.25) is 14.9 Å². The van der Waals surface area contributed by atoms with Gasteiger partial charge in [-0.1, -0.05) is 48.5 Å². The molecule has 0 radical (unpaired) electrons. The molecule has 0 unspecified atom stereocenters. The van der Waals surface area contributed by atoms with Crippen molar-refractivity contribution in [3.8, 4) is 11.1 Å². The third-order valence-electron chi connectivity index (χ3n) is 7.62. The lowest BCUT2D eigenvalue weighted by Gasteiger charge is -2.16. The Hall–Kier alpha value is -4.07. The highest BCUT2D eigenvalue weighted by Crippen LogP contribution is 2.63. The number of rotatable bonds is 6. The van der Waals surface area contributed by atoms with Crippen LogP contribution in [0, 0.1) is 11.3 Å². The van der Waals surface area contributed by atoms with Gasteiger partial charge in [-0.15, -0.1) is 0 Å². The second-order valence-electron chi connectivity index (χ2n) is 9.59. The summed E-state index contributed by atoms with van der Waals surface area (Å²) < 4.78 is 10.9. The summed E-state index contributed by atoms with van der Waals surface area (Å²) >= 11 is 0. The number of fused-ring (bicyclic) bond motifs is 4. The molecule has 35 heavy (non-hydrogen) atoms. The first-order valence-corrected chi connectivity index (χ1v) is 11.7. The molecule has 3 N–H and O–H groups in total. The van der Waals surface area contributed by atoms with Crippen molar-refractivity contribution in [2.45, 2.75) is 31.2 Å². The van der Waals surface area contributed by atoms with Crippen LogP contribution < -0.4 is 10.6 Å². The number of nitrogens with one attached hydrogen (secondary N) is 2. The highest BCUT2D eigenvalue weighted by atomic mass is 16.5. The SMILES string of the molecule is O=C(Nc1ccoc1C(=O)N[C@H]1C[C@@H]2C[C@]2(C(=O)O)C1)OCC1c2ccccc2-c2ccccc21. The van der Waals surface area contributed by atoms with E-state index < -0.39 is 23.4 Å². The Morgan fingerprint density at radius 1 is 1.00 bits per heavy atom. The van der Waals surface area contributed by atoms with Crippen molar-refractivity contribution in [3.05, 3.63) is 77.7 Å². The van der Waals surface area contributed by atoms with Gasteiger partial charge in [0, 0.05) is 18.0 Å². The Balaban J connectivity index is 1.09. The summed E-state index contributed by atoms with van der Waals surface area (Å²) in [6.07, 6.45) is 2.35. The Morgan fingerprint density at radius 2 is 1.69 bits per heavy atom. The highest BCUT2D eigenvalue weighted by molar-refractivity contribution is 6.00. The van der Waals surface area contributed by atoms with E-state index in [0.29, 0.717) is 19.3 Å². The molecule has 2 aromatic carbocycles. The molecule has 1 aromatic heterocycles. The second kappa shape index (κ2) is 8.01. The van der Waals surface area contributed by atoms with Gasteiger partial charge in [-0.25, -0.2) is 4.79 Å². The molecule has 2 saturated carbocycles. The van der Waals surface area contributed by atoms with E-state index in [4.69, 9.17) is 9.15 Å². The largest absolute Gasteiger partial charge is 0.481 e. The molecule has 8 heteroatoms. The lowest BCUT2D eigenvalue weighted by molar-refractivity contribution is -0.143. The monoisotopic (exact) mass is 472 g/mol. The van der Waals surface area contributed by atoms with Gasteiger partial charge < -0.3 is 19.6 Å². The Kier molecular flexibility index (Phi) is 4.91. The molecule has 8 nitrogen and oxygen atoms in total. The van der Waals surface area contributed by atoms with E-state index in [2.05, 4.69) is 22.8 Å². The van der Waals surface area contributed by atoms with Crippen LogP contribution in [0.5, 0.6) is 0 Å². The fourth-order valence-corrected chi connectivity index (χ4v) is 5.84. The number of ether oxygens (including phenoxy) is 1. The number of carbonyl (C=O) groups excluding carboxylic acids is 2. The molecule has 3 aliphatic rings. The zero-order chi connectivity index (χ0) is 24.2. The number of carboxylic acids is 1. The van der Waals surface area contributed by atoms with Crippen LogP contribution >= 0.6 is 0 Å². The van der Waals surface area contributed by atoms with Crippen LogP contribution in [0.3, 0.4) is 0 Å². The number of amides is 2. The van der Waals surface area contributed by atoms with E-state index >= 15 is 0 Å². The van der Waals surface area contributed by atoms with Gasteiger partial charge in [0.15, 0.2) is 0 Å². The predicted molar refractivity (Wildman–Crippen MR) is 126 cm³/mol. The molecule has 3 aromatic rings. The van der Waals surface area contributed by atoms with Gasteiger partial charge in [-0.05, 0) is 47.4 Å². The van der Waals surface area contributed by atoms with Crippen molar-refractivity contribution in [1.82, 2.24) is 5.32 Å². The summed E-state index contributed by atoms with van der Waals surface area (Å²) in [5.74, 6) is -1.29. The van der Waals surface area contributed by atoms with Gasteiger partial charge in [-0.2, -0.15) is 0 Å². The number of hydrogen-bond acceptors (Lipinski definition) is 5. The van der Waals surface area contributed by atoms with Gasteiger partial charge in [0.2, 0.25) is 5.76 Å². The molecule has 0 bridgehead atoms. The normalized spacial score (nSPS) is 23.7. The molecule has 2 fully saturated rings. The van der Waals surface area contributed by atoms with Crippen LogP contribution in [0.4, 0.5) is 10.5 Å². The number of hydrogen-bond donors (Lipinski definition) is 3. The minimum atomic E-state index is -0.796. The quantitative estimate of drug-likeness (QED) is 0.482. The van der Waals surface area contributed by atoms with Crippen LogP contribution in [0.25, 0.3) is 11.1 Å². The smallest absolute Gasteiger partial charge is 0.411 e. The van der Waals surface area contributed by atoms with E-state index in [1.165, 1.54) is 12.3 Å². The summed E-state index contributed by atoms with van der Waals surface area (Å²) in [5, 5.41) is 14.9. The first-order valence-electron chi connectivity index (χ1n) is 11.7. The first kappa shape index (κ1) is 21.5. The Morgan fingerprint density at radius 3 is 2.34 bits per heavy atom. The average Bonchev–Trinajstić information content (AvgIpc) is 3.17. The average molecular weight is 472 g/mol. The maximum Gasteiger partial charge on any atom is 0.411 e. The molecular weight excluding hydrogens is 448 g/mol. The molecule has 3 atom stereocenters. The molecule has 178 valence electrons. The molecule has 6 rings (SSSR count). The van der Waals surface area contributed by atoms with E-state index in [9.17, 15) is 19.5 Å². The fraction of sp³-hybridized carbons (Fsp3) is 0.296. The van der Waals surface area contributed by atoms with E-state index in [1.807, 2.05) is 36.4 Å². The maximum atomic E-state index is 12.8. The van der Waals surface area contributed by atoms with Crippen molar-refractivity contribution < 1.29 is 28.6 Å². The number of carboxylic acid groups (broad SMARTS) is 1. The Bertz CT molecular complexity index is 1300. The minimum absolute atomic E-state index is 0.0385. The molecular formula is C27H24N2O6. The minimum Gasteiger partial charge on any atom is -0.481 e. The number of carbonyl (C=O) groups is 3. The van der Waals surface area contributed by atoms with Crippen molar-refractivity contribution in [1.29, 1.82) is 0 Å². The molecule has 2 amide bonds. The summed E-state index contributed by atoms with van der Waals surface area (Å²) in [7, 11) is 0. The zero-order valence-electron chi connectivity index (χ0n) is 18.8. The lowest BCUT2D eigenvalue weighted by atomic mass is 9.98. The van der Waals surface area contributed by atoms with E-state index in [1.54, 1.807) is 0 Å². The first-order chi connectivity index (χ1) is 17.0. The van der Waals surface area contributed by atoms with Crippen molar-refractivity contribution in [3.63, 3.8) is 0 Å². The predicted octanol–water partition coefficient (Wildman–Crippen LogP) is 4.62. The molecule has 0 spiro atoms. The van der Waals surface area contributed by atoms with Gasteiger partial charge >= 0.3 is 12.1 Å². The van der Waals surface area contributed by atoms with E-state index in [0.717, 1.165) is 22.3 Å².